The molecule has 4 aromatic rings. The average molecular weight is 480 g/mol. The highest BCUT2D eigenvalue weighted by molar-refractivity contribution is 6.00. The van der Waals surface area contributed by atoms with E-state index in [4.69, 9.17) is 10.00 Å². The summed E-state index contributed by atoms with van der Waals surface area (Å²) in [5, 5.41) is 13.0. The van der Waals surface area contributed by atoms with Crippen LogP contribution in [0.2, 0.25) is 0 Å². The second kappa shape index (κ2) is 10.3. The van der Waals surface area contributed by atoms with E-state index in [1.807, 2.05) is 54.7 Å². The maximum atomic E-state index is 13.6. The van der Waals surface area contributed by atoms with Crippen LogP contribution in [0.25, 0.3) is 10.9 Å². The SMILES string of the molecule is N#Cc1cc(OC2CCN(C(=O)[C@H](NC(=O)c3ccc4cc[nH]c4c3)c3ccccc3)CC2)ccn1. The molecule has 0 bridgehead atoms. The highest BCUT2D eigenvalue weighted by Crippen LogP contribution is 2.23. The first kappa shape index (κ1) is 23.1. The molecule has 2 N–H and O–H groups in total. The minimum absolute atomic E-state index is 0.0692. The van der Waals surface area contributed by atoms with Crippen LogP contribution in [0.5, 0.6) is 5.75 Å². The van der Waals surface area contributed by atoms with E-state index in [-0.39, 0.29) is 17.9 Å². The molecule has 5 rings (SSSR count). The van der Waals surface area contributed by atoms with Crippen LogP contribution in [0.1, 0.15) is 40.5 Å². The van der Waals surface area contributed by atoms with Gasteiger partial charge in [0.05, 0.1) is 0 Å². The number of aromatic amines is 1. The monoisotopic (exact) mass is 479 g/mol. The van der Waals surface area contributed by atoms with Crippen LogP contribution in [0.15, 0.2) is 79.1 Å². The lowest BCUT2D eigenvalue weighted by molar-refractivity contribution is -0.135. The van der Waals surface area contributed by atoms with Crippen LogP contribution < -0.4 is 10.1 Å². The summed E-state index contributed by atoms with van der Waals surface area (Å²) in [7, 11) is 0. The zero-order valence-electron chi connectivity index (χ0n) is 19.6. The van der Waals surface area contributed by atoms with Crippen molar-refractivity contribution in [1.29, 1.82) is 5.26 Å². The molecule has 1 saturated heterocycles. The van der Waals surface area contributed by atoms with Gasteiger partial charge in [-0.3, -0.25) is 9.59 Å². The predicted octanol–water partition coefficient (Wildman–Crippen LogP) is 3.98. The molecule has 1 atom stereocenters. The third kappa shape index (κ3) is 5.05. The third-order valence-electron chi connectivity index (χ3n) is 6.37. The molecular weight excluding hydrogens is 454 g/mol. The number of nitrogens with zero attached hydrogens (tertiary/aromatic N) is 3. The van der Waals surface area contributed by atoms with E-state index in [2.05, 4.69) is 15.3 Å². The van der Waals surface area contributed by atoms with Gasteiger partial charge in [-0.2, -0.15) is 5.26 Å². The van der Waals surface area contributed by atoms with Crippen LogP contribution in [-0.2, 0) is 4.79 Å². The van der Waals surface area contributed by atoms with Gasteiger partial charge in [0.15, 0.2) is 0 Å². The van der Waals surface area contributed by atoms with Gasteiger partial charge in [0.25, 0.3) is 5.91 Å². The van der Waals surface area contributed by atoms with Crippen molar-refractivity contribution in [2.24, 2.45) is 0 Å². The van der Waals surface area contributed by atoms with E-state index in [1.165, 1.54) is 0 Å². The number of ether oxygens (including phenoxy) is 1. The largest absolute Gasteiger partial charge is 0.490 e. The van der Waals surface area contributed by atoms with E-state index in [1.54, 1.807) is 35.4 Å². The number of carbonyl (C=O) groups is 2. The van der Waals surface area contributed by atoms with Gasteiger partial charge in [-0.1, -0.05) is 36.4 Å². The van der Waals surface area contributed by atoms with E-state index >= 15 is 0 Å². The van der Waals surface area contributed by atoms with Crippen LogP contribution in [0.3, 0.4) is 0 Å². The van der Waals surface area contributed by atoms with Gasteiger partial charge in [0.2, 0.25) is 5.91 Å². The number of amides is 2. The fourth-order valence-corrected chi connectivity index (χ4v) is 4.45. The van der Waals surface area contributed by atoms with Gasteiger partial charge in [-0.05, 0) is 35.2 Å². The van der Waals surface area contributed by atoms with E-state index in [0.717, 1.165) is 16.5 Å². The standard InChI is InChI=1S/C28H25N5O3/c29-18-22-17-24(9-13-30-22)36-23-10-14-33(15-11-23)28(35)26(20-4-2-1-3-5-20)32-27(34)21-7-6-19-8-12-31-25(19)16-21/h1-9,12-13,16-17,23,26,31H,10-11,14-15H2,(H,32,34)/t26-/m1/s1. The number of aromatic nitrogens is 2. The molecule has 0 unspecified atom stereocenters. The van der Waals surface area contributed by atoms with Gasteiger partial charge >= 0.3 is 0 Å². The summed E-state index contributed by atoms with van der Waals surface area (Å²) < 4.78 is 6.02. The Bertz CT molecular complexity index is 1420. The van der Waals surface area contributed by atoms with Crippen molar-refractivity contribution in [2.75, 3.05) is 13.1 Å². The number of fused-ring (bicyclic) bond motifs is 1. The minimum atomic E-state index is -0.797. The molecular formula is C28H25N5O3. The fourth-order valence-electron chi connectivity index (χ4n) is 4.45. The normalized spacial score (nSPS) is 14.7. The van der Waals surface area contributed by atoms with Crippen LogP contribution in [0.4, 0.5) is 0 Å². The molecule has 0 saturated carbocycles. The van der Waals surface area contributed by atoms with Crippen molar-refractivity contribution in [3.8, 4) is 11.8 Å². The molecule has 8 nitrogen and oxygen atoms in total. The number of carbonyl (C=O) groups excluding carboxylic acids is 2. The van der Waals surface area contributed by atoms with Crippen molar-refractivity contribution < 1.29 is 14.3 Å². The first-order valence-electron chi connectivity index (χ1n) is 11.9. The maximum Gasteiger partial charge on any atom is 0.252 e. The number of nitrogens with one attached hydrogen (secondary N) is 2. The Morgan fingerprint density at radius 2 is 1.89 bits per heavy atom. The number of H-pyrrole nitrogens is 1. The van der Waals surface area contributed by atoms with Crippen LogP contribution >= 0.6 is 0 Å². The summed E-state index contributed by atoms with van der Waals surface area (Å²) in [6.07, 6.45) is 4.60. The molecule has 8 heteroatoms. The van der Waals surface area contributed by atoms with E-state index in [0.29, 0.717) is 42.9 Å². The molecule has 1 aliphatic rings. The second-order valence-electron chi connectivity index (χ2n) is 8.73. The van der Waals surface area contributed by atoms with Gasteiger partial charge in [-0.25, -0.2) is 4.98 Å². The number of benzene rings is 2. The Kier molecular flexibility index (Phi) is 6.63. The number of piperidine rings is 1. The first-order valence-corrected chi connectivity index (χ1v) is 11.9. The van der Waals surface area contributed by atoms with Gasteiger partial charge in [-0.15, -0.1) is 0 Å². The Hall–Kier alpha value is -4.64. The summed E-state index contributed by atoms with van der Waals surface area (Å²) in [6.45, 7) is 1.01. The van der Waals surface area contributed by atoms with Gasteiger partial charge in [0.1, 0.15) is 29.7 Å². The topological polar surface area (TPSA) is 111 Å². The summed E-state index contributed by atoms with van der Waals surface area (Å²) in [4.78, 5) is 35.6. The van der Waals surface area contributed by atoms with Gasteiger partial charge < -0.3 is 19.9 Å². The van der Waals surface area contributed by atoms with Crippen LogP contribution in [0, 0.1) is 11.3 Å². The number of pyridine rings is 1. The number of hydrogen-bond donors (Lipinski definition) is 2. The highest BCUT2D eigenvalue weighted by Gasteiger charge is 2.31. The predicted molar refractivity (Wildman–Crippen MR) is 134 cm³/mol. The minimum Gasteiger partial charge on any atom is -0.490 e. The zero-order valence-corrected chi connectivity index (χ0v) is 19.6. The third-order valence-corrected chi connectivity index (χ3v) is 6.37. The Labute approximate surface area is 208 Å². The molecule has 36 heavy (non-hydrogen) atoms. The van der Waals surface area contributed by atoms with Crippen molar-refractivity contribution in [2.45, 2.75) is 25.0 Å². The van der Waals surface area contributed by atoms with Crippen molar-refractivity contribution >= 4 is 22.7 Å². The molecule has 1 fully saturated rings. The average Bonchev–Trinajstić information content (AvgIpc) is 3.40. The summed E-state index contributed by atoms with van der Waals surface area (Å²) in [6, 6.07) is 21.2. The summed E-state index contributed by atoms with van der Waals surface area (Å²) in [5.41, 5.74) is 2.39. The summed E-state index contributed by atoms with van der Waals surface area (Å²) in [5.74, 6) is 0.141. The Morgan fingerprint density at radius 1 is 1.08 bits per heavy atom. The number of nitriles is 1. The number of hydrogen-bond acceptors (Lipinski definition) is 5. The second-order valence-corrected chi connectivity index (χ2v) is 8.73. The van der Waals surface area contributed by atoms with E-state index in [9.17, 15) is 9.59 Å². The molecule has 0 aliphatic carbocycles. The number of rotatable bonds is 6. The lowest BCUT2D eigenvalue weighted by Gasteiger charge is -2.34. The molecule has 1 aliphatic heterocycles. The van der Waals surface area contributed by atoms with Gasteiger partial charge in [0, 0.05) is 55.5 Å². The van der Waals surface area contributed by atoms with E-state index < -0.39 is 6.04 Å². The molecule has 3 heterocycles. The van der Waals surface area contributed by atoms with Crippen molar-refractivity contribution in [3.05, 3.63) is 95.9 Å². The highest BCUT2D eigenvalue weighted by atomic mass is 16.5. The lowest BCUT2D eigenvalue weighted by atomic mass is 10.0. The number of likely N-dealkylation sites (tertiary alicyclic amines) is 1. The first-order chi connectivity index (χ1) is 17.6. The maximum absolute atomic E-state index is 13.6. The molecule has 180 valence electrons. The molecule has 2 aromatic carbocycles. The van der Waals surface area contributed by atoms with Crippen LogP contribution in [-0.4, -0.2) is 45.9 Å². The lowest BCUT2D eigenvalue weighted by Crippen LogP contribution is -2.47. The molecule has 2 amide bonds. The molecule has 2 aromatic heterocycles. The molecule has 0 radical (unpaired) electrons. The quantitative estimate of drug-likeness (QED) is 0.435. The fraction of sp³-hybridized carbons (Fsp3) is 0.214. The molecule has 0 spiro atoms. The van der Waals surface area contributed by atoms with Crippen molar-refractivity contribution in [3.63, 3.8) is 0 Å². The summed E-state index contributed by atoms with van der Waals surface area (Å²) >= 11 is 0. The Balaban J connectivity index is 1.27. The smallest absolute Gasteiger partial charge is 0.252 e. The Morgan fingerprint density at radius 3 is 2.67 bits per heavy atom. The zero-order chi connectivity index (χ0) is 24.9. The van der Waals surface area contributed by atoms with Crippen molar-refractivity contribution in [1.82, 2.24) is 20.2 Å².